The summed E-state index contributed by atoms with van der Waals surface area (Å²) in [7, 11) is 1.69. The number of ether oxygens (including phenoxy) is 1. The number of nitrogens with zero attached hydrogens (tertiary/aromatic N) is 6. The van der Waals surface area contributed by atoms with Crippen molar-refractivity contribution in [3.05, 3.63) is 99.7 Å². The lowest BCUT2D eigenvalue weighted by atomic mass is 10.1. The normalized spacial score (nSPS) is 16.3. The number of hydrogen-bond donors (Lipinski definition) is 1. The fourth-order valence-electron chi connectivity index (χ4n) is 5.28. The number of aromatic nitrogens is 2. The third-order valence-electron chi connectivity index (χ3n) is 7.50. The van der Waals surface area contributed by atoms with Gasteiger partial charge >= 0.3 is 0 Å². The van der Waals surface area contributed by atoms with Gasteiger partial charge in [-0.05, 0) is 48.0 Å². The predicted molar refractivity (Wildman–Crippen MR) is 167 cm³/mol. The SMILES string of the molecule is COc1ccccc1N1CCN(CN2C(=O)/C(=N\c3ncc(Cc4ccc(Cl)cc4)c(N)n3)c3cc(Cl)ccc32)CC1. The zero-order valence-electron chi connectivity index (χ0n) is 23.0. The maximum atomic E-state index is 13.7. The summed E-state index contributed by atoms with van der Waals surface area (Å²) in [5.41, 5.74) is 10.8. The fraction of sp³-hybridized carbons (Fsp3) is 0.226. The van der Waals surface area contributed by atoms with E-state index in [1.807, 2.05) is 48.5 Å². The Morgan fingerprint density at radius 3 is 2.43 bits per heavy atom. The van der Waals surface area contributed by atoms with Crippen LogP contribution in [0.2, 0.25) is 10.0 Å². The lowest BCUT2D eigenvalue weighted by Crippen LogP contribution is -2.51. The van der Waals surface area contributed by atoms with Crippen LogP contribution in [0.4, 0.5) is 23.1 Å². The van der Waals surface area contributed by atoms with Gasteiger partial charge in [0.15, 0.2) is 0 Å². The minimum atomic E-state index is -0.230. The van der Waals surface area contributed by atoms with Crippen LogP contribution in [0.15, 0.2) is 77.9 Å². The Morgan fingerprint density at radius 1 is 0.952 bits per heavy atom. The molecule has 1 amide bonds. The van der Waals surface area contributed by atoms with Crippen LogP contribution in [0.1, 0.15) is 16.7 Å². The Morgan fingerprint density at radius 2 is 1.69 bits per heavy atom. The average molecular weight is 603 g/mol. The van der Waals surface area contributed by atoms with Crippen molar-refractivity contribution in [1.82, 2.24) is 14.9 Å². The number of carbonyl (C=O) groups excluding carboxylic acids is 1. The summed E-state index contributed by atoms with van der Waals surface area (Å²) in [6, 6.07) is 20.9. The van der Waals surface area contributed by atoms with E-state index < -0.39 is 0 Å². The molecule has 214 valence electrons. The Balaban J connectivity index is 1.20. The summed E-state index contributed by atoms with van der Waals surface area (Å²) in [4.78, 5) is 33.4. The summed E-state index contributed by atoms with van der Waals surface area (Å²) in [5.74, 6) is 1.05. The molecule has 3 aromatic carbocycles. The zero-order valence-corrected chi connectivity index (χ0v) is 24.5. The van der Waals surface area contributed by atoms with E-state index in [1.165, 1.54) is 0 Å². The number of nitrogen functional groups attached to an aromatic ring is 1. The van der Waals surface area contributed by atoms with E-state index >= 15 is 0 Å². The Kier molecular flexibility index (Phi) is 7.97. The number of carbonyl (C=O) groups is 1. The van der Waals surface area contributed by atoms with Crippen LogP contribution in [-0.2, 0) is 11.2 Å². The molecular formula is C31H29Cl2N7O2. The molecule has 2 N–H and O–H groups in total. The van der Waals surface area contributed by atoms with Gasteiger partial charge in [0.2, 0.25) is 0 Å². The van der Waals surface area contributed by atoms with Crippen molar-refractivity contribution in [3.8, 4) is 5.75 Å². The van der Waals surface area contributed by atoms with Crippen LogP contribution >= 0.6 is 23.2 Å². The molecule has 1 aromatic heterocycles. The molecule has 3 heterocycles. The van der Waals surface area contributed by atoms with E-state index in [4.69, 9.17) is 33.7 Å². The number of fused-ring (bicyclic) bond motifs is 1. The van der Waals surface area contributed by atoms with Crippen molar-refractivity contribution >= 4 is 58.0 Å². The summed E-state index contributed by atoms with van der Waals surface area (Å²) in [6.45, 7) is 3.62. The molecule has 0 atom stereocenters. The van der Waals surface area contributed by atoms with Crippen molar-refractivity contribution in [1.29, 1.82) is 0 Å². The standard InChI is InChI=1S/C31H29Cl2N7O2/c1-42-27-5-3-2-4-26(27)39-14-12-38(13-15-39)19-40-25-11-10-23(33)17-24(25)28(30(40)41)36-31-35-18-21(29(34)37-31)16-20-6-8-22(32)9-7-20/h2-11,17-18H,12-16,19H2,1H3,(H2,34,35,37)/b36-28-. The van der Waals surface area contributed by atoms with Gasteiger partial charge in [0.05, 0.1) is 25.2 Å². The van der Waals surface area contributed by atoms with Crippen molar-refractivity contribution in [2.45, 2.75) is 6.42 Å². The largest absolute Gasteiger partial charge is 0.495 e. The second-order valence-corrected chi connectivity index (χ2v) is 11.0. The number of nitrogens with two attached hydrogens (primary N) is 1. The topological polar surface area (TPSA) is 100 Å². The van der Waals surface area contributed by atoms with Crippen molar-refractivity contribution in [3.63, 3.8) is 0 Å². The molecule has 42 heavy (non-hydrogen) atoms. The van der Waals surface area contributed by atoms with Gasteiger partial charge in [-0.15, -0.1) is 0 Å². The fourth-order valence-corrected chi connectivity index (χ4v) is 5.58. The van der Waals surface area contributed by atoms with Crippen LogP contribution in [0.25, 0.3) is 0 Å². The first-order valence-electron chi connectivity index (χ1n) is 13.6. The quantitative estimate of drug-likeness (QED) is 0.310. The maximum absolute atomic E-state index is 13.7. The lowest BCUT2D eigenvalue weighted by Gasteiger charge is -2.38. The summed E-state index contributed by atoms with van der Waals surface area (Å²) in [6.07, 6.45) is 2.20. The molecular weight excluding hydrogens is 573 g/mol. The highest BCUT2D eigenvalue weighted by molar-refractivity contribution is 6.55. The van der Waals surface area contributed by atoms with Gasteiger partial charge in [-0.1, -0.05) is 47.5 Å². The molecule has 6 rings (SSSR count). The number of para-hydroxylation sites is 2. The predicted octanol–water partition coefficient (Wildman–Crippen LogP) is 5.21. The van der Waals surface area contributed by atoms with Crippen LogP contribution < -0.4 is 20.3 Å². The molecule has 0 radical (unpaired) electrons. The second kappa shape index (κ2) is 12.0. The van der Waals surface area contributed by atoms with E-state index in [2.05, 4.69) is 30.8 Å². The summed E-state index contributed by atoms with van der Waals surface area (Å²) >= 11 is 12.3. The number of rotatable bonds is 7. The highest BCUT2D eigenvalue weighted by atomic mass is 35.5. The molecule has 2 aliphatic rings. The first-order valence-corrected chi connectivity index (χ1v) is 14.3. The molecule has 0 aliphatic carbocycles. The lowest BCUT2D eigenvalue weighted by molar-refractivity contribution is -0.112. The van der Waals surface area contributed by atoms with Crippen molar-refractivity contribution < 1.29 is 9.53 Å². The van der Waals surface area contributed by atoms with E-state index in [1.54, 1.807) is 30.3 Å². The first-order chi connectivity index (χ1) is 20.4. The number of piperazine rings is 1. The van der Waals surface area contributed by atoms with Crippen LogP contribution in [0.3, 0.4) is 0 Å². The van der Waals surface area contributed by atoms with Gasteiger partial charge in [0.1, 0.15) is 17.3 Å². The van der Waals surface area contributed by atoms with Crippen molar-refractivity contribution in [2.75, 3.05) is 55.5 Å². The second-order valence-electron chi connectivity index (χ2n) is 10.2. The minimum Gasteiger partial charge on any atom is -0.495 e. The number of amides is 1. The Bertz CT molecular complexity index is 1650. The van der Waals surface area contributed by atoms with Crippen molar-refractivity contribution in [2.24, 2.45) is 4.99 Å². The maximum Gasteiger partial charge on any atom is 0.278 e. The smallest absolute Gasteiger partial charge is 0.278 e. The molecule has 2 aliphatic heterocycles. The number of halogens is 2. The highest BCUT2D eigenvalue weighted by Crippen LogP contribution is 2.34. The van der Waals surface area contributed by atoms with Gasteiger partial charge in [0.25, 0.3) is 11.9 Å². The van der Waals surface area contributed by atoms with E-state index in [0.29, 0.717) is 34.5 Å². The number of aliphatic imine (C=N–C) groups is 1. The molecule has 9 nitrogen and oxygen atoms in total. The molecule has 11 heteroatoms. The first kappa shape index (κ1) is 28.0. The molecule has 1 fully saturated rings. The van der Waals surface area contributed by atoms with Gasteiger partial charge in [0, 0.05) is 60.0 Å². The van der Waals surface area contributed by atoms with E-state index in [-0.39, 0.29) is 17.6 Å². The number of anilines is 3. The number of hydrogen-bond acceptors (Lipinski definition) is 8. The van der Waals surface area contributed by atoms with Gasteiger partial charge in [-0.2, -0.15) is 4.98 Å². The number of benzene rings is 3. The molecule has 0 saturated carbocycles. The van der Waals surface area contributed by atoms with Crippen LogP contribution in [0, 0.1) is 0 Å². The molecule has 1 saturated heterocycles. The zero-order chi connectivity index (χ0) is 29.2. The van der Waals surface area contributed by atoms with Crippen LogP contribution in [-0.4, -0.2) is 66.4 Å². The number of methoxy groups -OCH3 is 1. The molecule has 0 unspecified atom stereocenters. The van der Waals surface area contributed by atoms with E-state index in [0.717, 1.165) is 54.4 Å². The minimum absolute atomic E-state index is 0.119. The summed E-state index contributed by atoms with van der Waals surface area (Å²) < 4.78 is 5.55. The van der Waals surface area contributed by atoms with Crippen LogP contribution in [0.5, 0.6) is 5.75 Å². The van der Waals surface area contributed by atoms with Gasteiger partial charge in [-0.25, -0.2) is 9.98 Å². The third-order valence-corrected chi connectivity index (χ3v) is 7.98. The monoisotopic (exact) mass is 601 g/mol. The molecule has 4 aromatic rings. The average Bonchev–Trinajstić information content (AvgIpc) is 3.25. The van der Waals surface area contributed by atoms with Gasteiger partial charge in [-0.3, -0.25) is 14.6 Å². The molecule has 0 bridgehead atoms. The molecule has 0 spiro atoms. The van der Waals surface area contributed by atoms with Gasteiger partial charge < -0.3 is 15.4 Å². The highest BCUT2D eigenvalue weighted by Gasteiger charge is 2.36. The summed E-state index contributed by atoms with van der Waals surface area (Å²) in [5, 5.41) is 1.18. The van der Waals surface area contributed by atoms with E-state index in [9.17, 15) is 4.79 Å². The third kappa shape index (κ3) is 5.76. The Hall–Kier alpha value is -4.18. The Labute approximate surface area is 254 Å².